The molecular weight excluding hydrogens is 585 g/mol. The van der Waals surface area contributed by atoms with Crippen LogP contribution in [0.5, 0.6) is 0 Å². The molecule has 0 amide bonds. The van der Waals surface area contributed by atoms with Crippen LogP contribution in [0.2, 0.25) is 0 Å². The fraction of sp³-hybridized carbons (Fsp3) is 0.913. The molecule has 0 aromatic heterocycles. The first-order valence-electron chi connectivity index (χ1n) is 21.8. The molecule has 0 radical (unpaired) electrons. The maximum absolute atomic E-state index is 10.1. The number of aliphatic hydroxyl groups excluding tert-OH is 2. The molecule has 0 aromatic rings. The standard InChI is InChI=1S/2C21H34O.2C2H6/c2*1-4-21-12-9-16(22)13-15(21)6-7-17-18-8-5-14(2)20(18,3)11-10-19(17)21;2*1-2/h2*6,14,16-19,22H,4-5,7-13H2,1-3H3;2*1-2H3/t14-,16+,17-,18-,19-,20+,21-;14-,16-,17-,18-,19-,20+,21-;;/m00../s1. The monoisotopic (exact) mass is 665 g/mol. The van der Waals surface area contributed by atoms with Crippen LogP contribution in [0.1, 0.15) is 185 Å². The molecule has 0 saturated heterocycles. The van der Waals surface area contributed by atoms with Gasteiger partial charge in [-0.3, -0.25) is 0 Å². The van der Waals surface area contributed by atoms with Crippen molar-refractivity contribution >= 4 is 0 Å². The zero-order valence-corrected chi connectivity index (χ0v) is 33.6. The summed E-state index contributed by atoms with van der Waals surface area (Å²) in [7, 11) is 0. The van der Waals surface area contributed by atoms with Crippen molar-refractivity contribution < 1.29 is 10.2 Å². The number of hydrogen-bond donors (Lipinski definition) is 2. The van der Waals surface area contributed by atoms with Crippen LogP contribution in [0.3, 0.4) is 0 Å². The van der Waals surface area contributed by atoms with Gasteiger partial charge in [0, 0.05) is 0 Å². The highest BCUT2D eigenvalue weighted by Gasteiger charge is 2.60. The van der Waals surface area contributed by atoms with Crippen LogP contribution >= 0.6 is 0 Å². The van der Waals surface area contributed by atoms with E-state index in [0.717, 1.165) is 73.0 Å². The molecule has 0 spiro atoms. The average molecular weight is 665 g/mol. The predicted octanol–water partition coefficient (Wildman–Crippen LogP) is 12.7. The third kappa shape index (κ3) is 6.07. The van der Waals surface area contributed by atoms with E-state index in [1.165, 1.54) is 89.9 Å². The van der Waals surface area contributed by atoms with Gasteiger partial charge in [-0.05, 0) is 185 Å². The highest BCUT2D eigenvalue weighted by molar-refractivity contribution is 5.27. The van der Waals surface area contributed by atoms with Gasteiger partial charge in [0.25, 0.3) is 0 Å². The van der Waals surface area contributed by atoms with E-state index in [-0.39, 0.29) is 12.2 Å². The van der Waals surface area contributed by atoms with Gasteiger partial charge in [0.2, 0.25) is 0 Å². The van der Waals surface area contributed by atoms with E-state index >= 15 is 0 Å². The summed E-state index contributed by atoms with van der Waals surface area (Å²) >= 11 is 0. The summed E-state index contributed by atoms with van der Waals surface area (Å²) in [5.74, 6) is 7.47. The van der Waals surface area contributed by atoms with E-state index in [1.54, 1.807) is 11.1 Å². The normalized spacial score (nSPS) is 49.9. The van der Waals surface area contributed by atoms with Crippen LogP contribution in [0.25, 0.3) is 0 Å². The van der Waals surface area contributed by atoms with Crippen molar-refractivity contribution in [2.24, 2.45) is 69.0 Å². The first-order valence-corrected chi connectivity index (χ1v) is 21.8. The lowest BCUT2D eigenvalue weighted by molar-refractivity contribution is -0.0556. The van der Waals surface area contributed by atoms with Gasteiger partial charge in [-0.2, -0.15) is 0 Å². The molecule has 48 heavy (non-hydrogen) atoms. The zero-order chi connectivity index (χ0) is 35.1. The molecule has 8 rings (SSSR count). The molecule has 0 aliphatic heterocycles. The molecule has 8 aliphatic rings. The molecule has 0 heterocycles. The van der Waals surface area contributed by atoms with Gasteiger partial charge in [-0.25, -0.2) is 0 Å². The minimum Gasteiger partial charge on any atom is -0.393 e. The predicted molar refractivity (Wildman–Crippen MR) is 206 cm³/mol. The van der Waals surface area contributed by atoms with Crippen LogP contribution in [0.15, 0.2) is 23.3 Å². The van der Waals surface area contributed by atoms with Gasteiger partial charge in [0.15, 0.2) is 0 Å². The Labute approximate surface area is 298 Å². The molecule has 8 aliphatic carbocycles. The van der Waals surface area contributed by atoms with Crippen molar-refractivity contribution in [3.05, 3.63) is 23.3 Å². The summed E-state index contributed by atoms with van der Waals surface area (Å²) < 4.78 is 0. The molecule has 2 heteroatoms. The fourth-order valence-electron chi connectivity index (χ4n) is 14.7. The molecule has 0 bridgehead atoms. The van der Waals surface area contributed by atoms with Crippen LogP contribution in [-0.2, 0) is 0 Å². The lowest BCUT2D eigenvalue weighted by Gasteiger charge is -2.59. The van der Waals surface area contributed by atoms with Crippen LogP contribution in [-0.4, -0.2) is 22.4 Å². The van der Waals surface area contributed by atoms with Gasteiger partial charge in [-0.15, -0.1) is 0 Å². The Morgan fingerprint density at radius 3 is 1.27 bits per heavy atom. The van der Waals surface area contributed by atoms with Crippen molar-refractivity contribution in [3.63, 3.8) is 0 Å². The van der Waals surface area contributed by atoms with Gasteiger partial charge in [0.05, 0.1) is 12.2 Å². The summed E-state index contributed by atoms with van der Waals surface area (Å²) in [5, 5.41) is 20.3. The molecule has 276 valence electrons. The van der Waals surface area contributed by atoms with Crippen LogP contribution in [0, 0.1) is 69.0 Å². The van der Waals surface area contributed by atoms with Gasteiger partial charge >= 0.3 is 0 Å². The SMILES string of the molecule is CC.CC.CC[C@]12CC[C@@H](O)CC1=CC[C@@H]1[C@@H]2CC[C@]2(C)[C@@H](C)CC[C@@H]12.CC[C@]12CC[C@H](O)CC1=CC[C@@H]1[C@@H]2CC[C@]2(C)[C@@H](C)CC[C@@H]12. The number of allylic oxidation sites excluding steroid dienone is 2. The molecule has 2 nitrogen and oxygen atoms in total. The summed E-state index contributed by atoms with van der Waals surface area (Å²) in [6, 6.07) is 0. The Morgan fingerprint density at radius 1 is 0.542 bits per heavy atom. The smallest absolute Gasteiger partial charge is 0.0577 e. The van der Waals surface area contributed by atoms with Crippen LogP contribution in [0.4, 0.5) is 0 Å². The second-order valence-electron chi connectivity index (χ2n) is 18.5. The molecule has 6 saturated carbocycles. The highest BCUT2D eigenvalue weighted by atomic mass is 16.3. The molecular formula is C46H80O2. The Hall–Kier alpha value is -0.600. The lowest BCUT2D eigenvalue weighted by Crippen LogP contribution is -2.51. The summed E-state index contributed by atoms with van der Waals surface area (Å²) in [4.78, 5) is 0. The lowest BCUT2D eigenvalue weighted by atomic mass is 9.46. The second-order valence-corrected chi connectivity index (χ2v) is 18.5. The van der Waals surface area contributed by atoms with E-state index in [1.807, 2.05) is 27.7 Å². The fourth-order valence-corrected chi connectivity index (χ4v) is 14.7. The summed E-state index contributed by atoms with van der Waals surface area (Å²) in [6.07, 6.45) is 28.4. The molecule has 6 fully saturated rings. The van der Waals surface area contributed by atoms with Gasteiger partial charge in [0.1, 0.15) is 0 Å². The Balaban J connectivity index is 0.000000170. The number of hydrogen-bond acceptors (Lipinski definition) is 2. The van der Waals surface area contributed by atoms with Crippen molar-refractivity contribution in [1.29, 1.82) is 0 Å². The van der Waals surface area contributed by atoms with Gasteiger partial charge < -0.3 is 10.2 Å². The Bertz CT molecular complexity index is 1050. The molecule has 2 N–H and O–H groups in total. The first kappa shape index (κ1) is 38.6. The summed E-state index contributed by atoms with van der Waals surface area (Å²) in [5.41, 5.74) is 5.44. The Morgan fingerprint density at radius 2 is 0.917 bits per heavy atom. The molecule has 0 aromatic carbocycles. The highest BCUT2D eigenvalue weighted by Crippen LogP contribution is 2.68. The largest absolute Gasteiger partial charge is 0.393 e. The van der Waals surface area contributed by atoms with E-state index in [4.69, 9.17) is 0 Å². The minimum absolute atomic E-state index is 0.0668. The van der Waals surface area contributed by atoms with E-state index in [2.05, 4.69) is 53.7 Å². The number of aliphatic hydroxyl groups is 2. The number of fused-ring (bicyclic) bond motifs is 10. The second kappa shape index (κ2) is 15.2. The quantitative estimate of drug-likeness (QED) is 0.288. The van der Waals surface area contributed by atoms with E-state index in [0.29, 0.717) is 21.7 Å². The van der Waals surface area contributed by atoms with Crippen molar-refractivity contribution in [2.45, 2.75) is 197 Å². The first-order chi connectivity index (χ1) is 23.0. The van der Waals surface area contributed by atoms with Crippen LogP contribution < -0.4 is 0 Å². The van der Waals surface area contributed by atoms with Gasteiger partial charge in [-0.1, -0.05) is 92.5 Å². The third-order valence-electron chi connectivity index (χ3n) is 17.8. The van der Waals surface area contributed by atoms with E-state index in [9.17, 15) is 10.2 Å². The zero-order valence-electron chi connectivity index (χ0n) is 33.6. The van der Waals surface area contributed by atoms with E-state index < -0.39 is 0 Å². The summed E-state index contributed by atoms with van der Waals surface area (Å²) in [6.45, 7) is 23.1. The molecule has 0 unspecified atom stereocenters. The maximum Gasteiger partial charge on any atom is 0.0577 e. The van der Waals surface area contributed by atoms with Crippen molar-refractivity contribution in [1.82, 2.24) is 0 Å². The molecule has 14 atom stereocenters. The third-order valence-corrected chi connectivity index (χ3v) is 17.8. The minimum atomic E-state index is -0.0668. The Kier molecular flexibility index (Phi) is 12.2. The van der Waals surface area contributed by atoms with Crippen molar-refractivity contribution in [2.75, 3.05) is 0 Å². The average Bonchev–Trinajstić information content (AvgIpc) is 3.60. The maximum atomic E-state index is 10.1. The topological polar surface area (TPSA) is 40.5 Å². The van der Waals surface area contributed by atoms with Crippen molar-refractivity contribution in [3.8, 4) is 0 Å². The number of rotatable bonds is 2.